The minimum absolute atomic E-state index is 0.159. The minimum atomic E-state index is -0.662. The Bertz CT molecular complexity index is 441. The third kappa shape index (κ3) is 2.14. The number of hydrogen-bond acceptors (Lipinski definition) is 3. The molecule has 2 rings (SSSR count). The van der Waals surface area contributed by atoms with E-state index in [-0.39, 0.29) is 5.92 Å². The average molecular weight is 251 g/mol. The van der Waals surface area contributed by atoms with Crippen molar-refractivity contribution in [2.75, 3.05) is 13.1 Å². The van der Waals surface area contributed by atoms with Gasteiger partial charge < -0.3 is 5.11 Å². The summed E-state index contributed by atoms with van der Waals surface area (Å²) in [4.78, 5) is 13.7. The molecule has 1 atom stereocenters. The minimum Gasteiger partial charge on any atom is -0.481 e. The molecular formula is C13H21N3O2. The molecule has 0 radical (unpaired) electrons. The summed E-state index contributed by atoms with van der Waals surface area (Å²) in [7, 11) is 1.91. The Morgan fingerprint density at radius 1 is 1.61 bits per heavy atom. The molecule has 1 unspecified atom stereocenters. The molecule has 5 nitrogen and oxygen atoms in total. The zero-order valence-electron chi connectivity index (χ0n) is 11.3. The van der Waals surface area contributed by atoms with Crippen molar-refractivity contribution in [3.63, 3.8) is 0 Å². The summed E-state index contributed by atoms with van der Waals surface area (Å²) in [5, 5.41) is 13.6. The summed E-state index contributed by atoms with van der Waals surface area (Å²) in [6.45, 7) is 6.25. The summed E-state index contributed by atoms with van der Waals surface area (Å²) in [5.74, 6) is -0.503. The van der Waals surface area contributed by atoms with Crippen LogP contribution in [0.15, 0.2) is 12.3 Å². The van der Waals surface area contributed by atoms with Gasteiger partial charge in [-0.2, -0.15) is 5.10 Å². The van der Waals surface area contributed by atoms with E-state index in [4.69, 9.17) is 0 Å². The fourth-order valence-corrected chi connectivity index (χ4v) is 2.73. The van der Waals surface area contributed by atoms with Crippen molar-refractivity contribution in [3.8, 4) is 0 Å². The third-order valence-electron chi connectivity index (χ3n) is 4.22. The number of hydrogen-bond donors (Lipinski definition) is 1. The first-order valence-electron chi connectivity index (χ1n) is 6.38. The number of carbonyl (C=O) groups is 1. The number of aliphatic carboxylic acids is 1. The second kappa shape index (κ2) is 4.72. The van der Waals surface area contributed by atoms with Crippen LogP contribution in [-0.4, -0.2) is 38.8 Å². The van der Waals surface area contributed by atoms with Crippen LogP contribution < -0.4 is 0 Å². The van der Waals surface area contributed by atoms with E-state index in [1.165, 1.54) is 0 Å². The van der Waals surface area contributed by atoms with Gasteiger partial charge in [-0.05, 0) is 24.9 Å². The van der Waals surface area contributed by atoms with Gasteiger partial charge in [0.05, 0.1) is 11.1 Å². The molecule has 0 spiro atoms. The lowest BCUT2D eigenvalue weighted by molar-refractivity contribution is -0.151. The predicted octanol–water partition coefficient (Wildman–Crippen LogP) is 1.35. The Labute approximate surface area is 107 Å². The Kier molecular flexibility index (Phi) is 3.43. The second-order valence-electron chi connectivity index (χ2n) is 5.52. The summed E-state index contributed by atoms with van der Waals surface area (Å²) in [6, 6.07) is 1.98. The van der Waals surface area contributed by atoms with E-state index < -0.39 is 11.4 Å². The van der Waals surface area contributed by atoms with Gasteiger partial charge in [-0.25, -0.2) is 0 Å². The predicted molar refractivity (Wildman–Crippen MR) is 68.0 cm³/mol. The van der Waals surface area contributed by atoms with Crippen molar-refractivity contribution in [1.82, 2.24) is 14.7 Å². The lowest BCUT2D eigenvalue weighted by atomic mass is 9.76. The van der Waals surface area contributed by atoms with Crippen LogP contribution in [0, 0.1) is 11.3 Å². The maximum absolute atomic E-state index is 11.5. The lowest BCUT2D eigenvalue weighted by Gasteiger charge is -2.28. The molecule has 18 heavy (non-hydrogen) atoms. The van der Waals surface area contributed by atoms with Crippen LogP contribution in [0.2, 0.25) is 0 Å². The molecule has 1 aromatic heterocycles. The molecule has 0 bridgehead atoms. The van der Waals surface area contributed by atoms with Crippen molar-refractivity contribution < 1.29 is 9.90 Å². The van der Waals surface area contributed by atoms with E-state index in [1.807, 2.05) is 31.6 Å². The van der Waals surface area contributed by atoms with Gasteiger partial charge in [0.15, 0.2) is 0 Å². The van der Waals surface area contributed by atoms with E-state index in [2.05, 4.69) is 10.00 Å². The second-order valence-corrected chi connectivity index (χ2v) is 5.52. The zero-order valence-corrected chi connectivity index (χ0v) is 11.3. The Morgan fingerprint density at radius 3 is 2.78 bits per heavy atom. The molecular weight excluding hydrogens is 230 g/mol. The molecule has 0 aromatic carbocycles. The first kappa shape index (κ1) is 13.1. The molecule has 2 heterocycles. The molecule has 5 heteroatoms. The SMILES string of the molecule is CC(C)C1(C(=O)O)CCN(Cc2ccnn2C)C1. The smallest absolute Gasteiger partial charge is 0.311 e. The van der Waals surface area contributed by atoms with Crippen molar-refractivity contribution in [3.05, 3.63) is 18.0 Å². The van der Waals surface area contributed by atoms with Crippen LogP contribution in [-0.2, 0) is 18.4 Å². The Hall–Kier alpha value is -1.36. The largest absolute Gasteiger partial charge is 0.481 e. The van der Waals surface area contributed by atoms with E-state index in [1.54, 1.807) is 6.20 Å². The standard InChI is InChI=1S/C13H21N3O2/c1-10(2)13(12(17)18)5-7-16(9-13)8-11-4-6-14-15(11)3/h4,6,10H,5,7-9H2,1-3H3,(H,17,18). The maximum atomic E-state index is 11.5. The van der Waals surface area contributed by atoms with Crippen LogP contribution in [0.4, 0.5) is 0 Å². The van der Waals surface area contributed by atoms with Gasteiger partial charge in [-0.3, -0.25) is 14.4 Å². The molecule has 0 aliphatic carbocycles. The summed E-state index contributed by atoms with van der Waals surface area (Å²) >= 11 is 0. The first-order chi connectivity index (χ1) is 8.45. The van der Waals surface area contributed by atoms with Crippen LogP contribution >= 0.6 is 0 Å². The highest BCUT2D eigenvalue weighted by Crippen LogP contribution is 2.38. The average Bonchev–Trinajstić information content (AvgIpc) is 2.88. The Morgan fingerprint density at radius 2 is 2.33 bits per heavy atom. The maximum Gasteiger partial charge on any atom is 0.311 e. The normalized spacial score (nSPS) is 24.9. The molecule has 1 aliphatic heterocycles. The lowest BCUT2D eigenvalue weighted by Crippen LogP contribution is -2.39. The molecule has 1 fully saturated rings. The van der Waals surface area contributed by atoms with E-state index >= 15 is 0 Å². The number of carboxylic acids is 1. The van der Waals surface area contributed by atoms with E-state index in [0.717, 1.165) is 25.2 Å². The van der Waals surface area contributed by atoms with Gasteiger partial charge in [0.25, 0.3) is 0 Å². The summed E-state index contributed by atoms with van der Waals surface area (Å²) < 4.78 is 1.84. The number of likely N-dealkylation sites (tertiary alicyclic amines) is 1. The first-order valence-corrected chi connectivity index (χ1v) is 6.38. The number of carboxylic acid groups (broad SMARTS) is 1. The van der Waals surface area contributed by atoms with E-state index in [0.29, 0.717) is 6.54 Å². The summed E-state index contributed by atoms with van der Waals surface area (Å²) in [5.41, 5.74) is 0.540. The quantitative estimate of drug-likeness (QED) is 0.877. The van der Waals surface area contributed by atoms with Crippen molar-refractivity contribution in [2.24, 2.45) is 18.4 Å². The fourth-order valence-electron chi connectivity index (χ4n) is 2.73. The van der Waals surface area contributed by atoms with Gasteiger partial charge in [-0.1, -0.05) is 13.8 Å². The topological polar surface area (TPSA) is 58.4 Å². The van der Waals surface area contributed by atoms with Gasteiger partial charge >= 0.3 is 5.97 Å². The molecule has 1 saturated heterocycles. The van der Waals surface area contributed by atoms with Gasteiger partial charge in [0.1, 0.15) is 0 Å². The molecule has 1 aromatic rings. The van der Waals surface area contributed by atoms with Crippen LogP contribution in [0.25, 0.3) is 0 Å². The highest BCUT2D eigenvalue weighted by Gasteiger charge is 2.47. The Balaban J connectivity index is 2.08. The summed E-state index contributed by atoms with van der Waals surface area (Å²) in [6.07, 6.45) is 2.51. The number of aromatic nitrogens is 2. The van der Waals surface area contributed by atoms with Crippen LogP contribution in [0.1, 0.15) is 26.0 Å². The van der Waals surface area contributed by atoms with Crippen LogP contribution in [0.5, 0.6) is 0 Å². The van der Waals surface area contributed by atoms with Crippen LogP contribution in [0.3, 0.4) is 0 Å². The number of rotatable bonds is 4. The zero-order chi connectivity index (χ0) is 13.3. The number of aryl methyl sites for hydroxylation is 1. The number of nitrogens with zero attached hydrogens (tertiary/aromatic N) is 3. The van der Waals surface area contributed by atoms with Crippen molar-refractivity contribution in [2.45, 2.75) is 26.8 Å². The third-order valence-corrected chi connectivity index (χ3v) is 4.22. The highest BCUT2D eigenvalue weighted by atomic mass is 16.4. The molecule has 0 saturated carbocycles. The van der Waals surface area contributed by atoms with Gasteiger partial charge in [0, 0.05) is 26.3 Å². The van der Waals surface area contributed by atoms with E-state index in [9.17, 15) is 9.90 Å². The molecule has 0 amide bonds. The fraction of sp³-hybridized carbons (Fsp3) is 0.692. The highest BCUT2D eigenvalue weighted by molar-refractivity contribution is 5.75. The van der Waals surface area contributed by atoms with Crippen molar-refractivity contribution >= 4 is 5.97 Å². The monoisotopic (exact) mass is 251 g/mol. The molecule has 1 aliphatic rings. The van der Waals surface area contributed by atoms with Gasteiger partial charge in [-0.15, -0.1) is 0 Å². The van der Waals surface area contributed by atoms with Gasteiger partial charge in [0.2, 0.25) is 0 Å². The molecule has 1 N–H and O–H groups in total. The van der Waals surface area contributed by atoms with Crippen molar-refractivity contribution in [1.29, 1.82) is 0 Å². The molecule has 100 valence electrons.